The van der Waals surface area contributed by atoms with Crippen molar-refractivity contribution < 1.29 is 18.0 Å². The molecule has 0 unspecified atom stereocenters. The molecule has 7 heteroatoms. The average molecular weight is 150 g/mol. The summed E-state index contributed by atoms with van der Waals surface area (Å²) in [6, 6.07) is 0. The molecule has 0 spiro atoms. The van der Waals surface area contributed by atoms with Gasteiger partial charge in [0.05, 0.1) is 0 Å². The number of hydrogen-bond donors (Lipinski definition) is 2. The number of rotatable bonds is 0. The summed E-state index contributed by atoms with van der Waals surface area (Å²) in [7, 11) is 0. The second kappa shape index (κ2) is 82.1. The summed E-state index contributed by atoms with van der Waals surface area (Å²) in [5, 5.41) is 10.8. The maximum Gasteiger partial charge on any atom is 0.335 e. The van der Waals surface area contributed by atoms with E-state index >= 15 is 0 Å². The summed E-state index contributed by atoms with van der Waals surface area (Å²) in [5.74, 6) is 0. The third kappa shape index (κ3) is 68.5. The zero-order chi connectivity index (χ0) is 8.12. The molecule has 0 aromatic rings. The van der Waals surface area contributed by atoms with E-state index in [4.69, 9.17) is 28.8 Å². The molecule has 0 bridgehead atoms. The fourth-order valence-electron chi connectivity index (χ4n) is 0. The maximum absolute atomic E-state index is 8.35. The second-order valence-electron chi connectivity index (χ2n) is 0.272. The van der Waals surface area contributed by atoms with Gasteiger partial charge in [-0.3, -0.25) is 0 Å². The van der Waals surface area contributed by atoms with Crippen LogP contribution in [0.15, 0.2) is 0 Å². The molecule has 0 amide bonds. The maximum atomic E-state index is 8.35. The Morgan fingerprint density at radius 1 is 1.00 bits per heavy atom. The van der Waals surface area contributed by atoms with Crippen LogP contribution in [0, 0.1) is 10.8 Å². The Bertz CT molecular complexity index is 108. The van der Waals surface area contributed by atoms with Crippen molar-refractivity contribution in [1.82, 2.24) is 0 Å². The Balaban J connectivity index is -0.0000000600. The van der Waals surface area contributed by atoms with Gasteiger partial charge in [0, 0.05) is 0 Å². The summed E-state index contributed by atoms with van der Waals surface area (Å²) in [6.45, 7) is 0. The third-order valence-electron chi connectivity index (χ3n) is 0. The van der Waals surface area contributed by atoms with Crippen molar-refractivity contribution in [2.45, 2.75) is 0 Å². The SMILES string of the molecule is N=C=O.N=C=O.O=S=O. The van der Waals surface area contributed by atoms with Gasteiger partial charge in [-0.1, -0.05) is 0 Å². The summed E-state index contributed by atoms with van der Waals surface area (Å²) in [5.41, 5.74) is 0. The minimum atomic E-state index is -0.750. The lowest BCUT2D eigenvalue weighted by Gasteiger charge is -1.02. The topological polar surface area (TPSA) is 116 Å². The molecular formula is C2H2N2O4S. The van der Waals surface area contributed by atoms with Gasteiger partial charge in [0.2, 0.25) is 12.2 Å². The molecule has 0 radical (unpaired) electrons. The quantitative estimate of drug-likeness (QED) is 0.345. The second-order valence-corrected chi connectivity index (χ2v) is 0.408. The first kappa shape index (κ1) is 15.6. The lowest BCUT2D eigenvalue weighted by Crippen LogP contribution is -1.18. The fourth-order valence-corrected chi connectivity index (χ4v) is 0. The van der Waals surface area contributed by atoms with Gasteiger partial charge in [-0.25, -0.2) is 20.4 Å². The van der Waals surface area contributed by atoms with Crippen LogP contribution in [0.3, 0.4) is 0 Å². The Kier molecular flexibility index (Phi) is 143. The smallest absolute Gasteiger partial charge is 0.222 e. The molecule has 0 heterocycles. The highest BCUT2D eigenvalue weighted by Gasteiger charge is 1.12. The van der Waals surface area contributed by atoms with Crippen LogP contribution in [0.4, 0.5) is 0 Å². The molecule has 0 aromatic heterocycles. The number of isocyanates is 2. The van der Waals surface area contributed by atoms with Crippen LogP contribution in [0.2, 0.25) is 0 Å². The summed E-state index contributed by atoms with van der Waals surface area (Å²) in [4.78, 5) is 16.7. The van der Waals surface area contributed by atoms with Gasteiger partial charge in [-0.05, 0) is 0 Å². The molecule has 0 rings (SSSR count). The molecular weight excluding hydrogens is 148 g/mol. The molecule has 0 aliphatic carbocycles. The molecule has 50 valence electrons. The van der Waals surface area contributed by atoms with Crippen molar-refractivity contribution in [3.05, 3.63) is 0 Å². The van der Waals surface area contributed by atoms with Crippen LogP contribution in [0.5, 0.6) is 0 Å². The molecule has 0 saturated carbocycles. The van der Waals surface area contributed by atoms with Crippen LogP contribution in [0.25, 0.3) is 0 Å². The highest BCUT2D eigenvalue weighted by molar-refractivity contribution is 7.51. The van der Waals surface area contributed by atoms with E-state index in [1.807, 2.05) is 0 Å². The van der Waals surface area contributed by atoms with Crippen LogP contribution >= 0.6 is 0 Å². The Hall–Kier alpha value is -1.42. The first-order chi connectivity index (χ1) is 4.24. The van der Waals surface area contributed by atoms with E-state index in [1.165, 1.54) is 0 Å². The van der Waals surface area contributed by atoms with E-state index in [1.54, 1.807) is 0 Å². The minimum absolute atomic E-state index is 0.750. The highest BCUT2D eigenvalue weighted by Crippen LogP contribution is 0.871. The summed E-state index contributed by atoms with van der Waals surface area (Å²) >= 11 is -0.750. The van der Waals surface area contributed by atoms with Gasteiger partial charge in [-0.15, -0.1) is 0 Å². The molecule has 0 atom stereocenters. The van der Waals surface area contributed by atoms with Crippen LogP contribution in [0.1, 0.15) is 0 Å². The molecule has 0 aliphatic heterocycles. The molecule has 2 N–H and O–H groups in total. The average Bonchev–Trinajstić information content (AvgIpc) is 1.70. The standard InChI is InChI=1S/2CHNO.O2S/c2*2-1-3;1-3-2/h2*2H;. The van der Waals surface area contributed by atoms with Gasteiger partial charge >= 0.3 is 11.6 Å². The van der Waals surface area contributed by atoms with Gasteiger partial charge in [0.25, 0.3) is 0 Å². The van der Waals surface area contributed by atoms with E-state index < -0.39 is 11.6 Å². The molecule has 6 nitrogen and oxygen atoms in total. The van der Waals surface area contributed by atoms with E-state index in [0.29, 0.717) is 0 Å². The van der Waals surface area contributed by atoms with Crippen molar-refractivity contribution in [2.75, 3.05) is 0 Å². The van der Waals surface area contributed by atoms with Gasteiger partial charge in [0.15, 0.2) is 0 Å². The van der Waals surface area contributed by atoms with E-state index in [2.05, 4.69) is 0 Å². The first-order valence-electron chi connectivity index (χ1n) is 1.24. The highest BCUT2D eigenvalue weighted by atomic mass is 32.1. The van der Waals surface area contributed by atoms with Crippen molar-refractivity contribution in [1.29, 1.82) is 10.8 Å². The summed E-state index contributed by atoms with van der Waals surface area (Å²) < 4.78 is 16.6. The van der Waals surface area contributed by atoms with E-state index in [-0.39, 0.29) is 0 Å². The predicted molar refractivity (Wildman–Crippen MR) is 25.7 cm³/mol. The largest absolute Gasteiger partial charge is 0.335 e. The Labute approximate surface area is 53.5 Å². The van der Waals surface area contributed by atoms with Crippen molar-refractivity contribution in [2.24, 2.45) is 0 Å². The lowest BCUT2D eigenvalue weighted by atomic mass is 11.7. The summed E-state index contributed by atoms with van der Waals surface area (Å²) in [6.07, 6.45) is 1.50. The van der Waals surface area contributed by atoms with E-state index in [9.17, 15) is 0 Å². The zero-order valence-electron chi connectivity index (χ0n) is 4.04. The molecule has 0 aliphatic rings. The number of hydrogen-bond acceptors (Lipinski definition) is 6. The monoisotopic (exact) mass is 150 g/mol. The normalized spacial score (nSPS) is 3.11. The van der Waals surface area contributed by atoms with Gasteiger partial charge in [0.1, 0.15) is 0 Å². The molecule has 0 aromatic carbocycles. The minimum Gasteiger partial charge on any atom is -0.222 e. The molecule has 0 fully saturated rings. The lowest BCUT2D eigenvalue weighted by molar-refractivity contribution is 0.562. The Morgan fingerprint density at radius 2 is 1.00 bits per heavy atom. The zero-order valence-corrected chi connectivity index (χ0v) is 4.86. The van der Waals surface area contributed by atoms with Crippen LogP contribution in [-0.4, -0.2) is 20.6 Å². The van der Waals surface area contributed by atoms with Crippen molar-refractivity contribution in [3.8, 4) is 0 Å². The molecule has 9 heavy (non-hydrogen) atoms. The number of nitrogens with one attached hydrogen (secondary N) is 2. The van der Waals surface area contributed by atoms with Gasteiger partial charge < -0.3 is 0 Å². The van der Waals surface area contributed by atoms with Crippen LogP contribution in [-0.2, 0) is 21.2 Å². The predicted octanol–water partition coefficient (Wildman–Crippen LogP) is -0.868. The van der Waals surface area contributed by atoms with Crippen molar-refractivity contribution >= 4 is 23.7 Å². The third-order valence-corrected chi connectivity index (χ3v) is 0. The first-order valence-corrected chi connectivity index (χ1v) is 1.91. The van der Waals surface area contributed by atoms with E-state index in [0.717, 1.165) is 12.2 Å². The Morgan fingerprint density at radius 3 is 1.00 bits per heavy atom. The van der Waals surface area contributed by atoms with Gasteiger partial charge in [-0.2, -0.15) is 8.42 Å². The van der Waals surface area contributed by atoms with Crippen molar-refractivity contribution in [3.63, 3.8) is 0 Å². The molecule has 0 saturated heterocycles. The van der Waals surface area contributed by atoms with Crippen LogP contribution < -0.4 is 0 Å². The fraction of sp³-hybridized carbons (Fsp3) is 0. The number of carbonyl (C=O) groups excluding carboxylic acids is 2.